The highest BCUT2D eigenvalue weighted by molar-refractivity contribution is 5.83. The van der Waals surface area contributed by atoms with Gasteiger partial charge in [-0.1, -0.05) is 0 Å². The number of hydrogen-bond acceptors (Lipinski definition) is 4. The van der Waals surface area contributed by atoms with E-state index >= 15 is 0 Å². The first kappa shape index (κ1) is 11.6. The molecule has 98 valence electrons. The van der Waals surface area contributed by atoms with Crippen LogP contribution in [0.4, 0.5) is 0 Å². The van der Waals surface area contributed by atoms with E-state index in [1.165, 1.54) is 6.07 Å². The van der Waals surface area contributed by atoms with Gasteiger partial charge < -0.3 is 19.1 Å². The van der Waals surface area contributed by atoms with Crippen molar-refractivity contribution in [1.29, 1.82) is 0 Å². The van der Waals surface area contributed by atoms with Gasteiger partial charge in [-0.3, -0.25) is 9.59 Å². The Morgan fingerprint density at radius 1 is 1.32 bits per heavy atom. The van der Waals surface area contributed by atoms with Gasteiger partial charge >= 0.3 is 5.97 Å². The van der Waals surface area contributed by atoms with Crippen LogP contribution in [0.25, 0.3) is 10.9 Å². The minimum absolute atomic E-state index is 0.00753. The molecular weight excluding hydrogens is 250 g/mol. The maximum atomic E-state index is 11.8. The molecule has 0 atom stereocenters. The molecule has 0 spiro atoms. The second-order valence-electron chi connectivity index (χ2n) is 4.24. The average molecular weight is 261 g/mol. The first-order chi connectivity index (χ1) is 9.15. The second kappa shape index (κ2) is 4.31. The van der Waals surface area contributed by atoms with E-state index in [2.05, 4.69) is 0 Å². The van der Waals surface area contributed by atoms with Crippen molar-refractivity contribution in [1.82, 2.24) is 4.57 Å². The highest BCUT2D eigenvalue weighted by Gasteiger charge is 2.16. The van der Waals surface area contributed by atoms with Crippen molar-refractivity contribution < 1.29 is 19.4 Å². The molecule has 1 aliphatic heterocycles. The molecule has 2 heterocycles. The van der Waals surface area contributed by atoms with E-state index in [9.17, 15) is 9.59 Å². The minimum atomic E-state index is -0.882. The summed E-state index contributed by atoms with van der Waals surface area (Å²) in [6, 6.07) is 4.77. The lowest BCUT2D eigenvalue weighted by Crippen LogP contribution is -2.10. The molecule has 6 nitrogen and oxygen atoms in total. The molecule has 1 aliphatic rings. The normalized spacial score (nSPS) is 12.8. The monoisotopic (exact) mass is 261 g/mol. The van der Waals surface area contributed by atoms with Crippen molar-refractivity contribution in [3.05, 3.63) is 34.6 Å². The fourth-order valence-corrected chi connectivity index (χ4v) is 2.11. The number of ether oxygens (including phenoxy) is 2. The summed E-state index contributed by atoms with van der Waals surface area (Å²) >= 11 is 0. The zero-order chi connectivity index (χ0) is 13.4. The number of carboxylic acids is 1. The number of aliphatic carboxylic acids is 1. The Labute approximate surface area is 107 Å². The Kier molecular flexibility index (Phi) is 2.63. The predicted octanol–water partition coefficient (Wildman–Crippen LogP) is 1.20. The fraction of sp³-hybridized carbons (Fsp3) is 0.231. The average Bonchev–Trinajstić information content (AvgIpc) is 2.83. The van der Waals surface area contributed by atoms with Gasteiger partial charge in [0, 0.05) is 30.3 Å². The van der Waals surface area contributed by atoms with Crippen molar-refractivity contribution in [2.45, 2.75) is 13.0 Å². The van der Waals surface area contributed by atoms with Crippen LogP contribution in [-0.2, 0) is 11.3 Å². The SMILES string of the molecule is O=C(O)CCn1ccc(=O)c2cc3c(cc21)OCO3. The summed E-state index contributed by atoms with van der Waals surface area (Å²) in [6.07, 6.45) is 1.59. The van der Waals surface area contributed by atoms with Crippen LogP contribution in [0.3, 0.4) is 0 Å². The van der Waals surface area contributed by atoms with E-state index in [1.54, 1.807) is 22.9 Å². The quantitative estimate of drug-likeness (QED) is 0.898. The maximum absolute atomic E-state index is 11.8. The van der Waals surface area contributed by atoms with Gasteiger partial charge in [0.15, 0.2) is 16.9 Å². The molecular formula is C13H11NO5. The van der Waals surface area contributed by atoms with Crippen LogP contribution in [0, 0.1) is 0 Å². The first-order valence-electron chi connectivity index (χ1n) is 5.80. The second-order valence-corrected chi connectivity index (χ2v) is 4.24. The molecule has 0 unspecified atom stereocenters. The molecule has 0 saturated heterocycles. The van der Waals surface area contributed by atoms with Crippen LogP contribution in [-0.4, -0.2) is 22.4 Å². The van der Waals surface area contributed by atoms with E-state index in [4.69, 9.17) is 14.6 Å². The van der Waals surface area contributed by atoms with Gasteiger partial charge in [-0.2, -0.15) is 0 Å². The lowest BCUT2D eigenvalue weighted by atomic mass is 10.2. The Morgan fingerprint density at radius 2 is 2.05 bits per heavy atom. The number of benzene rings is 1. The molecule has 0 fully saturated rings. The number of fused-ring (bicyclic) bond motifs is 2. The van der Waals surface area contributed by atoms with E-state index in [0.29, 0.717) is 28.9 Å². The standard InChI is InChI=1S/C13H11NO5/c15-10-1-3-14(4-2-13(16)17)9-6-12-11(5-8(9)10)18-7-19-12/h1,3,5-6H,2,4,7H2,(H,16,17). The molecule has 3 rings (SSSR count). The molecule has 6 heteroatoms. The Balaban J connectivity index is 2.15. The molecule has 0 bridgehead atoms. The van der Waals surface area contributed by atoms with Gasteiger partial charge in [0.05, 0.1) is 11.9 Å². The molecule has 0 radical (unpaired) electrons. The van der Waals surface area contributed by atoms with Crippen molar-refractivity contribution in [3.63, 3.8) is 0 Å². The third-order valence-corrected chi connectivity index (χ3v) is 3.04. The number of carboxylic acid groups (broad SMARTS) is 1. The summed E-state index contributed by atoms with van der Waals surface area (Å²) in [5.74, 6) is 0.232. The van der Waals surface area contributed by atoms with Crippen molar-refractivity contribution in [2.75, 3.05) is 6.79 Å². The van der Waals surface area contributed by atoms with E-state index in [1.807, 2.05) is 0 Å². The summed E-state index contributed by atoms with van der Waals surface area (Å²) in [5, 5.41) is 9.23. The molecule has 0 aliphatic carbocycles. The van der Waals surface area contributed by atoms with Gasteiger partial charge in [0.1, 0.15) is 0 Å². The number of hydrogen-bond donors (Lipinski definition) is 1. The number of pyridine rings is 1. The predicted molar refractivity (Wildman–Crippen MR) is 66.6 cm³/mol. The van der Waals surface area contributed by atoms with Crippen molar-refractivity contribution in [3.8, 4) is 11.5 Å². The van der Waals surface area contributed by atoms with E-state index in [-0.39, 0.29) is 18.6 Å². The number of carbonyl (C=O) groups is 1. The van der Waals surface area contributed by atoms with Crippen molar-refractivity contribution >= 4 is 16.9 Å². The molecule has 2 aromatic rings. The lowest BCUT2D eigenvalue weighted by molar-refractivity contribution is -0.137. The molecule has 0 saturated carbocycles. The van der Waals surface area contributed by atoms with Crippen LogP contribution < -0.4 is 14.9 Å². The number of rotatable bonds is 3. The molecule has 0 amide bonds. The van der Waals surface area contributed by atoms with Crippen LogP contribution in [0.5, 0.6) is 11.5 Å². The molecule has 19 heavy (non-hydrogen) atoms. The van der Waals surface area contributed by atoms with Crippen LogP contribution >= 0.6 is 0 Å². The zero-order valence-corrected chi connectivity index (χ0v) is 9.96. The van der Waals surface area contributed by atoms with Crippen LogP contribution in [0.1, 0.15) is 6.42 Å². The highest BCUT2D eigenvalue weighted by atomic mass is 16.7. The summed E-state index contributed by atoms with van der Waals surface area (Å²) in [6.45, 7) is 0.431. The lowest BCUT2D eigenvalue weighted by Gasteiger charge is -2.10. The third-order valence-electron chi connectivity index (χ3n) is 3.04. The molecule has 1 aromatic heterocycles. The summed E-state index contributed by atoms with van der Waals surface area (Å²) in [5.41, 5.74) is 0.526. The summed E-state index contributed by atoms with van der Waals surface area (Å²) in [7, 11) is 0. The smallest absolute Gasteiger partial charge is 0.305 e. The number of nitrogens with zero attached hydrogens (tertiary/aromatic N) is 1. The molecule has 1 aromatic carbocycles. The topological polar surface area (TPSA) is 77.8 Å². The Morgan fingerprint density at radius 3 is 2.79 bits per heavy atom. The molecule has 1 N–H and O–H groups in total. The highest BCUT2D eigenvalue weighted by Crippen LogP contribution is 2.34. The summed E-state index contributed by atoms with van der Waals surface area (Å²) < 4.78 is 12.2. The third kappa shape index (κ3) is 2.01. The summed E-state index contributed by atoms with van der Waals surface area (Å²) in [4.78, 5) is 22.5. The van der Waals surface area contributed by atoms with Gasteiger partial charge in [-0.05, 0) is 6.07 Å². The zero-order valence-electron chi connectivity index (χ0n) is 9.96. The largest absolute Gasteiger partial charge is 0.481 e. The number of aryl methyl sites for hydroxylation is 1. The van der Waals surface area contributed by atoms with Gasteiger partial charge in [-0.25, -0.2) is 0 Å². The fourth-order valence-electron chi connectivity index (χ4n) is 2.11. The van der Waals surface area contributed by atoms with Gasteiger partial charge in [0.2, 0.25) is 6.79 Å². The van der Waals surface area contributed by atoms with E-state index < -0.39 is 5.97 Å². The van der Waals surface area contributed by atoms with Crippen LogP contribution in [0.15, 0.2) is 29.2 Å². The Hall–Kier alpha value is -2.50. The van der Waals surface area contributed by atoms with Gasteiger partial charge in [0.25, 0.3) is 0 Å². The maximum Gasteiger partial charge on any atom is 0.305 e. The minimum Gasteiger partial charge on any atom is -0.481 e. The van der Waals surface area contributed by atoms with Gasteiger partial charge in [-0.15, -0.1) is 0 Å². The Bertz CT molecular complexity index is 719. The first-order valence-corrected chi connectivity index (χ1v) is 5.80. The van der Waals surface area contributed by atoms with E-state index in [0.717, 1.165) is 0 Å². The number of aromatic nitrogens is 1. The van der Waals surface area contributed by atoms with Crippen molar-refractivity contribution in [2.24, 2.45) is 0 Å². The van der Waals surface area contributed by atoms with Crippen LogP contribution in [0.2, 0.25) is 0 Å².